The largest absolute Gasteiger partial charge is 0.489 e. The topological polar surface area (TPSA) is 9.23 Å². The van der Waals surface area contributed by atoms with Crippen molar-refractivity contribution in [2.75, 3.05) is 0 Å². The predicted octanol–water partition coefficient (Wildman–Crippen LogP) is 6.76. The summed E-state index contributed by atoms with van der Waals surface area (Å²) in [6.45, 7) is 2.11. The van der Waals surface area contributed by atoms with Crippen LogP contribution in [0.5, 0.6) is 5.75 Å². The summed E-state index contributed by atoms with van der Waals surface area (Å²) in [7, 11) is 0. The zero-order chi connectivity index (χ0) is 18.5. The maximum atomic E-state index is 13.6. The lowest BCUT2D eigenvalue weighted by Crippen LogP contribution is -2.13. The molecule has 0 aliphatic heterocycles. The second kappa shape index (κ2) is 8.61. The molecule has 1 aliphatic carbocycles. The molecule has 26 heavy (non-hydrogen) atoms. The van der Waals surface area contributed by atoms with Gasteiger partial charge in [-0.1, -0.05) is 31.9 Å². The van der Waals surface area contributed by atoms with Crippen molar-refractivity contribution < 1.29 is 17.9 Å². The lowest BCUT2D eigenvalue weighted by atomic mass is 9.77. The number of hydrogen-bond acceptors (Lipinski definition) is 1. The van der Waals surface area contributed by atoms with Gasteiger partial charge in [-0.3, -0.25) is 0 Å². The Hall–Kier alpha value is -1.97. The van der Waals surface area contributed by atoms with E-state index in [0.717, 1.165) is 12.0 Å². The summed E-state index contributed by atoms with van der Waals surface area (Å²) >= 11 is 0. The van der Waals surface area contributed by atoms with Crippen LogP contribution in [0, 0.1) is 23.4 Å². The Morgan fingerprint density at radius 3 is 2.19 bits per heavy atom. The van der Waals surface area contributed by atoms with Crippen LogP contribution in [0.3, 0.4) is 0 Å². The van der Waals surface area contributed by atoms with Crippen LogP contribution in [-0.2, 0) is 6.61 Å². The fourth-order valence-corrected chi connectivity index (χ4v) is 3.86. The first-order chi connectivity index (χ1) is 12.6. The third kappa shape index (κ3) is 4.60. The van der Waals surface area contributed by atoms with Crippen LogP contribution in [0.4, 0.5) is 13.2 Å². The van der Waals surface area contributed by atoms with E-state index in [1.54, 1.807) is 0 Å². The van der Waals surface area contributed by atoms with Gasteiger partial charge in [0.05, 0.1) is 0 Å². The first kappa shape index (κ1) is 18.8. The minimum Gasteiger partial charge on any atom is -0.489 e. The molecular formula is C22H25F3O. The molecule has 4 heteroatoms. The molecule has 1 saturated carbocycles. The molecule has 1 fully saturated rings. The van der Waals surface area contributed by atoms with E-state index < -0.39 is 17.5 Å². The van der Waals surface area contributed by atoms with E-state index >= 15 is 0 Å². The summed E-state index contributed by atoms with van der Waals surface area (Å²) < 4.78 is 45.3. The van der Waals surface area contributed by atoms with Crippen molar-refractivity contribution in [3.63, 3.8) is 0 Å². The van der Waals surface area contributed by atoms with Gasteiger partial charge in [-0.15, -0.1) is 0 Å². The third-order valence-corrected chi connectivity index (χ3v) is 5.38. The van der Waals surface area contributed by atoms with E-state index in [1.165, 1.54) is 44.1 Å². The SMILES string of the molecule is CCCC1CCC(c2ccc(OCc3cc(F)c(F)cc3F)cc2)CC1. The van der Waals surface area contributed by atoms with Crippen LogP contribution in [0.1, 0.15) is 62.5 Å². The summed E-state index contributed by atoms with van der Waals surface area (Å²) in [5, 5.41) is 0. The van der Waals surface area contributed by atoms with E-state index in [0.29, 0.717) is 17.7 Å². The average molecular weight is 362 g/mol. The second-order valence-electron chi connectivity index (χ2n) is 7.22. The lowest BCUT2D eigenvalue weighted by molar-refractivity contribution is 0.296. The molecule has 0 spiro atoms. The molecule has 0 radical (unpaired) electrons. The fourth-order valence-electron chi connectivity index (χ4n) is 3.86. The molecule has 0 atom stereocenters. The Labute approximate surface area is 153 Å². The van der Waals surface area contributed by atoms with Crippen molar-refractivity contribution in [3.05, 3.63) is 65.0 Å². The lowest BCUT2D eigenvalue weighted by Gasteiger charge is -2.28. The van der Waals surface area contributed by atoms with Crippen LogP contribution in [0.25, 0.3) is 0 Å². The first-order valence-electron chi connectivity index (χ1n) is 9.43. The zero-order valence-electron chi connectivity index (χ0n) is 15.1. The maximum Gasteiger partial charge on any atom is 0.161 e. The van der Waals surface area contributed by atoms with E-state index in [-0.39, 0.29) is 12.2 Å². The van der Waals surface area contributed by atoms with Crippen molar-refractivity contribution in [3.8, 4) is 5.75 Å². The molecule has 0 heterocycles. The van der Waals surface area contributed by atoms with Crippen molar-refractivity contribution >= 4 is 0 Å². The normalized spacial score (nSPS) is 20.2. The van der Waals surface area contributed by atoms with Crippen molar-refractivity contribution in [1.29, 1.82) is 0 Å². The Morgan fingerprint density at radius 2 is 1.54 bits per heavy atom. The van der Waals surface area contributed by atoms with E-state index in [9.17, 15) is 13.2 Å². The number of benzene rings is 2. The number of hydrogen-bond donors (Lipinski definition) is 0. The number of ether oxygens (including phenoxy) is 1. The van der Waals surface area contributed by atoms with Crippen LogP contribution in [0.2, 0.25) is 0 Å². The molecule has 0 amide bonds. The Bertz CT molecular complexity index is 719. The molecule has 0 unspecified atom stereocenters. The van der Waals surface area contributed by atoms with Crippen molar-refractivity contribution in [2.45, 2.75) is 58.0 Å². The predicted molar refractivity (Wildman–Crippen MR) is 96.7 cm³/mol. The Kier molecular flexibility index (Phi) is 6.23. The zero-order valence-corrected chi connectivity index (χ0v) is 15.1. The van der Waals surface area contributed by atoms with Gasteiger partial charge >= 0.3 is 0 Å². The van der Waals surface area contributed by atoms with Gasteiger partial charge in [-0.05, 0) is 61.3 Å². The number of halogens is 3. The monoisotopic (exact) mass is 362 g/mol. The number of rotatable bonds is 6. The highest BCUT2D eigenvalue weighted by atomic mass is 19.2. The minimum absolute atomic E-state index is 0.00206. The van der Waals surface area contributed by atoms with Gasteiger partial charge in [0.1, 0.15) is 18.2 Å². The molecule has 1 nitrogen and oxygen atoms in total. The van der Waals surface area contributed by atoms with Gasteiger partial charge in [0.25, 0.3) is 0 Å². The third-order valence-electron chi connectivity index (χ3n) is 5.38. The molecule has 1 aliphatic rings. The van der Waals surface area contributed by atoms with E-state index in [1.807, 2.05) is 12.1 Å². The Balaban J connectivity index is 1.56. The van der Waals surface area contributed by atoms with Crippen molar-refractivity contribution in [2.24, 2.45) is 5.92 Å². The molecule has 0 N–H and O–H groups in total. The average Bonchev–Trinajstić information content (AvgIpc) is 2.65. The molecule has 3 rings (SSSR count). The van der Waals surface area contributed by atoms with Gasteiger partial charge in [0.2, 0.25) is 0 Å². The molecule has 140 valence electrons. The van der Waals surface area contributed by atoms with Gasteiger partial charge in [-0.2, -0.15) is 0 Å². The summed E-state index contributed by atoms with van der Waals surface area (Å²) in [6, 6.07) is 9.24. The standard InChI is InChI=1S/C22H25F3O/c1-2-3-15-4-6-16(7-5-15)17-8-10-19(11-9-17)26-14-18-12-21(24)22(25)13-20(18)23/h8-13,15-16H,2-7,14H2,1H3. The molecule has 0 bridgehead atoms. The summed E-state index contributed by atoms with van der Waals surface area (Å²) in [6.07, 6.45) is 7.65. The Morgan fingerprint density at radius 1 is 0.885 bits per heavy atom. The van der Waals surface area contributed by atoms with Crippen LogP contribution < -0.4 is 4.74 Å². The van der Waals surface area contributed by atoms with Gasteiger partial charge < -0.3 is 4.74 Å². The molecule has 0 saturated heterocycles. The van der Waals surface area contributed by atoms with Crippen LogP contribution >= 0.6 is 0 Å². The summed E-state index contributed by atoms with van der Waals surface area (Å²) in [5.74, 6) is -0.990. The maximum absolute atomic E-state index is 13.6. The van der Waals surface area contributed by atoms with Gasteiger partial charge in [0.15, 0.2) is 11.6 Å². The molecule has 2 aromatic rings. The second-order valence-corrected chi connectivity index (χ2v) is 7.22. The molecule has 0 aromatic heterocycles. The van der Waals surface area contributed by atoms with Gasteiger partial charge in [-0.25, -0.2) is 13.2 Å². The highest BCUT2D eigenvalue weighted by molar-refractivity contribution is 5.30. The molecular weight excluding hydrogens is 337 g/mol. The van der Waals surface area contributed by atoms with Gasteiger partial charge in [0, 0.05) is 11.6 Å². The summed E-state index contributed by atoms with van der Waals surface area (Å²) in [5.41, 5.74) is 1.31. The van der Waals surface area contributed by atoms with E-state index in [4.69, 9.17) is 4.74 Å². The van der Waals surface area contributed by atoms with Crippen LogP contribution in [0.15, 0.2) is 36.4 Å². The van der Waals surface area contributed by atoms with Crippen LogP contribution in [-0.4, -0.2) is 0 Å². The quantitative estimate of drug-likeness (QED) is 0.516. The highest BCUT2D eigenvalue weighted by Gasteiger charge is 2.21. The first-order valence-corrected chi connectivity index (χ1v) is 9.43. The highest BCUT2D eigenvalue weighted by Crippen LogP contribution is 2.37. The van der Waals surface area contributed by atoms with Crippen molar-refractivity contribution in [1.82, 2.24) is 0 Å². The molecule has 2 aromatic carbocycles. The smallest absolute Gasteiger partial charge is 0.161 e. The summed E-state index contributed by atoms with van der Waals surface area (Å²) in [4.78, 5) is 0. The minimum atomic E-state index is -1.19. The van der Waals surface area contributed by atoms with E-state index in [2.05, 4.69) is 19.1 Å². The fraction of sp³-hybridized carbons (Fsp3) is 0.455.